The fourth-order valence-electron chi connectivity index (χ4n) is 3.67. The molecular weight excluding hydrogens is 465 g/mol. The number of aliphatic imine (C=N–C) groups is 1. The Labute approximate surface area is 188 Å². The van der Waals surface area contributed by atoms with E-state index in [4.69, 9.17) is 4.99 Å². The zero-order valence-electron chi connectivity index (χ0n) is 18.3. The third-order valence-electron chi connectivity index (χ3n) is 5.49. The molecule has 0 spiro atoms. The number of halogens is 1. The number of aromatic nitrogens is 3. The van der Waals surface area contributed by atoms with Crippen LogP contribution in [0.2, 0.25) is 0 Å². The van der Waals surface area contributed by atoms with Gasteiger partial charge in [-0.05, 0) is 44.7 Å². The monoisotopic (exact) mass is 505 g/mol. The lowest BCUT2D eigenvalue weighted by Crippen LogP contribution is -2.46. The lowest BCUT2D eigenvalue weighted by Gasteiger charge is -2.38. The third-order valence-corrected chi connectivity index (χ3v) is 5.49. The molecule has 0 aliphatic carbocycles. The molecule has 1 atom stereocenters. The van der Waals surface area contributed by atoms with Crippen LogP contribution in [0.5, 0.6) is 0 Å². The van der Waals surface area contributed by atoms with Crippen molar-refractivity contribution in [2.45, 2.75) is 66.5 Å². The Morgan fingerprint density at radius 1 is 1.25 bits per heavy atom. The highest BCUT2D eigenvalue weighted by molar-refractivity contribution is 14.0. The predicted octanol–water partition coefficient (Wildman–Crippen LogP) is 2.77. The maximum Gasteiger partial charge on any atom is 0.191 e. The molecule has 0 bridgehead atoms. The number of likely N-dealkylation sites (tertiary alicyclic amines) is 1. The SMILES string of the molecule is CCNC(=NCC(C(C)C)N1CCC(C)CC1)NCCn1cnnc1CC.I. The first-order valence-electron chi connectivity index (χ1n) is 10.7. The van der Waals surface area contributed by atoms with Crippen LogP contribution in [0.15, 0.2) is 11.3 Å². The Balaban J connectivity index is 0.00000392. The zero-order chi connectivity index (χ0) is 19.6. The first-order valence-corrected chi connectivity index (χ1v) is 10.7. The lowest BCUT2D eigenvalue weighted by atomic mass is 9.94. The number of nitrogens with zero attached hydrogens (tertiary/aromatic N) is 5. The van der Waals surface area contributed by atoms with Crippen LogP contribution < -0.4 is 10.6 Å². The van der Waals surface area contributed by atoms with Gasteiger partial charge >= 0.3 is 0 Å². The summed E-state index contributed by atoms with van der Waals surface area (Å²) >= 11 is 0. The normalized spacial score (nSPS) is 17.4. The van der Waals surface area contributed by atoms with Crippen molar-refractivity contribution in [1.29, 1.82) is 0 Å². The van der Waals surface area contributed by atoms with Crippen LogP contribution in [0.3, 0.4) is 0 Å². The van der Waals surface area contributed by atoms with E-state index in [0.29, 0.717) is 12.0 Å². The number of piperidine rings is 1. The van der Waals surface area contributed by atoms with Crippen LogP contribution in [-0.4, -0.2) is 64.4 Å². The molecule has 1 unspecified atom stereocenters. The predicted molar refractivity (Wildman–Crippen MR) is 127 cm³/mol. The highest BCUT2D eigenvalue weighted by atomic mass is 127. The Bertz CT molecular complexity index is 565. The van der Waals surface area contributed by atoms with Gasteiger partial charge in [-0.2, -0.15) is 0 Å². The topological polar surface area (TPSA) is 70.4 Å². The van der Waals surface area contributed by atoms with Crippen molar-refractivity contribution in [3.63, 3.8) is 0 Å². The second kappa shape index (κ2) is 13.3. The first-order chi connectivity index (χ1) is 13.0. The second-order valence-electron chi connectivity index (χ2n) is 7.97. The van der Waals surface area contributed by atoms with Crippen molar-refractivity contribution < 1.29 is 0 Å². The van der Waals surface area contributed by atoms with Crippen molar-refractivity contribution in [2.24, 2.45) is 16.8 Å². The van der Waals surface area contributed by atoms with E-state index in [1.807, 2.05) is 0 Å². The Morgan fingerprint density at radius 3 is 2.57 bits per heavy atom. The van der Waals surface area contributed by atoms with Gasteiger partial charge in [0.2, 0.25) is 0 Å². The number of hydrogen-bond acceptors (Lipinski definition) is 4. The van der Waals surface area contributed by atoms with Crippen LogP contribution in [0, 0.1) is 11.8 Å². The van der Waals surface area contributed by atoms with E-state index < -0.39 is 0 Å². The molecule has 2 heterocycles. The van der Waals surface area contributed by atoms with E-state index in [2.05, 4.69) is 64.9 Å². The molecule has 0 aromatic carbocycles. The summed E-state index contributed by atoms with van der Waals surface area (Å²) in [5.41, 5.74) is 0. The van der Waals surface area contributed by atoms with Gasteiger partial charge < -0.3 is 15.2 Å². The molecule has 2 rings (SSSR count). The van der Waals surface area contributed by atoms with Crippen LogP contribution in [-0.2, 0) is 13.0 Å². The van der Waals surface area contributed by atoms with Crippen LogP contribution >= 0.6 is 24.0 Å². The maximum absolute atomic E-state index is 4.90. The average Bonchev–Trinajstić information content (AvgIpc) is 3.10. The molecule has 8 heteroatoms. The summed E-state index contributed by atoms with van der Waals surface area (Å²) < 4.78 is 2.10. The standard InChI is InChI=1S/C20H39N7.HI/c1-6-19-25-24-15-27(19)13-10-22-20(21-7-2)23-14-18(16(3)4)26-11-8-17(5)9-12-26;/h15-18H,6-14H2,1-5H3,(H2,21,22,23);1H. The van der Waals surface area contributed by atoms with Gasteiger partial charge in [0.25, 0.3) is 0 Å². The molecule has 0 amide bonds. The minimum absolute atomic E-state index is 0. The maximum atomic E-state index is 4.90. The number of aryl methyl sites for hydroxylation is 1. The minimum atomic E-state index is 0. The van der Waals surface area contributed by atoms with Crippen molar-refractivity contribution in [2.75, 3.05) is 32.7 Å². The number of guanidine groups is 1. The third kappa shape index (κ3) is 7.85. The van der Waals surface area contributed by atoms with Gasteiger partial charge in [-0.3, -0.25) is 9.89 Å². The molecule has 162 valence electrons. The van der Waals surface area contributed by atoms with Gasteiger partial charge in [-0.1, -0.05) is 27.7 Å². The fraction of sp³-hybridized carbons (Fsp3) is 0.850. The summed E-state index contributed by atoms with van der Waals surface area (Å²) in [5.74, 6) is 3.40. The molecule has 2 N–H and O–H groups in total. The van der Waals surface area contributed by atoms with Gasteiger partial charge in [0.1, 0.15) is 12.2 Å². The molecule has 1 aliphatic rings. The van der Waals surface area contributed by atoms with E-state index in [1.54, 1.807) is 6.33 Å². The number of rotatable bonds is 9. The smallest absolute Gasteiger partial charge is 0.191 e. The highest BCUT2D eigenvalue weighted by Crippen LogP contribution is 2.21. The van der Waals surface area contributed by atoms with Gasteiger partial charge in [0.05, 0.1) is 6.54 Å². The molecule has 28 heavy (non-hydrogen) atoms. The Morgan fingerprint density at radius 2 is 1.96 bits per heavy atom. The van der Waals surface area contributed by atoms with Gasteiger partial charge in [-0.25, -0.2) is 0 Å². The molecule has 0 radical (unpaired) electrons. The summed E-state index contributed by atoms with van der Waals surface area (Å²) in [4.78, 5) is 7.54. The van der Waals surface area contributed by atoms with E-state index in [0.717, 1.165) is 50.3 Å². The van der Waals surface area contributed by atoms with E-state index in [1.165, 1.54) is 25.9 Å². The Kier molecular flexibility index (Phi) is 12.0. The molecule has 1 aromatic rings. The van der Waals surface area contributed by atoms with Crippen molar-refractivity contribution in [3.05, 3.63) is 12.2 Å². The van der Waals surface area contributed by atoms with E-state index in [9.17, 15) is 0 Å². The zero-order valence-corrected chi connectivity index (χ0v) is 20.6. The number of nitrogens with one attached hydrogen (secondary N) is 2. The van der Waals surface area contributed by atoms with Crippen molar-refractivity contribution in [1.82, 2.24) is 30.3 Å². The van der Waals surface area contributed by atoms with Gasteiger partial charge in [0.15, 0.2) is 5.96 Å². The number of hydrogen-bond donors (Lipinski definition) is 2. The summed E-state index contributed by atoms with van der Waals surface area (Å²) in [6.07, 6.45) is 5.32. The fourth-order valence-corrected chi connectivity index (χ4v) is 3.67. The molecule has 1 saturated heterocycles. The Hall–Kier alpha value is -0.900. The lowest BCUT2D eigenvalue weighted by molar-refractivity contribution is 0.113. The van der Waals surface area contributed by atoms with Crippen LogP contribution in [0.25, 0.3) is 0 Å². The molecule has 1 fully saturated rings. The summed E-state index contributed by atoms with van der Waals surface area (Å²) in [6, 6.07) is 0.512. The van der Waals surface area contributed by atoms with Crippen molar-refractivity contribution in [3.8, 4) is 0 Å². The van der Waals surface area contributed by atoms with Gasteiger partial charge in [-0.15, -0.1) is 34.2 Å². The van der Waals surface area contributed by atoms with Crippen molar-refractivity contribution >= 4 is 29.9 Å². The molecular formula is C20H40IN7. The minimum Gasteiger partial charge on any atom is -0.357 e. The van der Waals surface area contributed by atoms with E-state index in [-0.39, 0.29) is 24.0 Å². The van der Waals surface area contributed by atoms with Crippen LogP contribution in [0.4, 0.5) is 0 Å². The molecule has 1 aromatic heterocycles. The molecule has 1 aliphatic heterocycles. The highest BCUT2D eigenvalue weighted by Gasteiger charge is 2.25. The molecule has 7 nitrogen and oxygen atoms in total. The summed E-state index contributed by atoms with van der Waals surface area (Å²) in [6.45, 7) is 17.0. The quantitative estimate of drug-likeness (QED) is 0.307. The van der Waals surface area contributed by atoms with Gasteiger partial charge in [0, 0.05) is 32.1 Å². The summed E-state index contributed by atoms with van der Waals surface area (Å²) in [7, 11) is 0. The molecule has 0 saturated carbocycles. The second-order valence-corrected chi connectivity index (χ2v) is 7.97. The average molecular weight is 505 g/mol. The van der Waals surface area contributed by atoms with E-state index >= 15 is 0 Å². The van der Waals surface area contributed by atoms with Crippen LogP contribution in [0.1, 0.15) is 53.3 Å². The first kappa shape index (κ1) is 25.1. The summed E-state index contributed by atoms with van der Waals surface area (Å²) in [5, 5.41) is 15.0. The largest absolute Gasteiger partial charge is 0.357 e.